The minimum Gasteiger partial charge on any atom is -0.458 e. The molecule has 1 rings (SSSR count). The molecule has 1 aliphatic heterocycles. The van der Waals surface area contributed by atoms with E-state index < -0.39 is 0 Å². The molecule has 0 spiro atoms. The molecule has 0 saturated carbocycles. The van der Waals surface area contributed by atoms with Gasteiger partial charge in [-0.15, -0.1) is 0 Å². The molecule has 0 aromatic carbocycles. The van der Waals surface area contributed by atoms with Gasteiger partial charge in [0.25, 0.3) is 0 Å². The summed E-state index contributed by atoms with van der Waals surface area (Å²) >= 11 is 0. The molecule has 0 aliphatic carbocycles. The summed E-state index contributed by atoms with van der Waals surface area (Å²) < 4.78 is 17.0. The van der Waals surface area contributed by atoms with E-state index in [1.54, 1.807) is 14.2 Å². The van der Waals surface area contributed by atoms with Gasteiger partial charge in [-0.2, -0.15) is 0 Å². The van der Waals surface area contributed by atoms with Crippen LogP contribution in [-0.4, -0.2) is 38.5 Å². The molecule has 0 fully saturated rings. The summed E-state index contributed by atoms with van der Waals surface area (Å²) in [7, 11) is 3.46. The summed E-state index contributed by atoms with van der Waals surface area (Å²) in [6, 6.07) is 0. The van der Waals surface area contributed by atoms with E-state index in [9.17, 15) is 4.79 Å². The summed E-state index contributed by atoms with van der Waals surface area (Å²) in [5.41, 5.74) is -0.291. The Hall–Kier alpha value is -0.870. The molecule has 4 nitrogen and oxygen atoms in total. The molecule has 0 N–H and O–H groups in total. The number of ether oxygens (including phenoxy) is 3. The van der Waals surface area contributed by atoms with Crippen molar-refractivity contribution in [1.82, 2.24) is 0 Å². The molecule has 0 radical (unpaired) electrons. The first-order valence-corrected chi connectivity index (χ1v) is 7.68. The fraction of sp³-hybridized carbons (Fsp3) is 0.824. The van der Waals surface area contributed by atoms with Gasteiger partial charge >= 0.3 is 5.97 Å². The predicted molar refractivity (Wildman–Crippen MR) is 83.0 cm³/mol. The van der Waals surface area contributed by atoms with Gasteiger partial charge in [-0.1, -0.05) is 40.7 Å². The standard InChI is InChI=1S/C17H30O4/c1-11(2)15(19-6)12(3)16(20-7)17(4,5)13-9-8-10-14(18)21-13/h8,10-13,15-16H,9H2,1-7H3/t12-,13-,15+,16+/m1/s1. The third kappa shape index (κ3) is 4.07. The Kier molecular flexibility index (Phi) is 6.41. The zero-order chi connectivity index (χ0) is 16.2. The molecule has 0 aromatic rings. The van der Waals surface area contributed by atoms with Gasteiger partial charge in [0.1, 0.15) is 6.10 Å². The van der Waals surface area contributed by atoms with E-state index in [2.05, 4.69) is 34.6 Å². The number of rotatable bonds is 7. The van der Waals surface area contributed by atoms with Crippen molar-refractivity contribution >= 4 is 5.97 Å². The highest BCUT2D eigenvalue weighted by Crippen LogP contribution is 2.39. The molecule has 0 bridgehead atoms. The molecule has 4 atom stereocenters. The first-order valence-electron chi connectivity index (χ1n) is 7.68. The quantitative estimate of drug-likeness (QED) is 0.677. The summed E-state index contributed by atoms with van der Waals surface area (Å²) in [5.74, 6) is 0.320. The number of carbonyl (C=O) groups excluding carboxylic acids is 1. The molecule has 1 aliphatic rings. The lowest BCUT2D eigenvalue weighted by Gasteiger charge is -2.44. The summed E-state index contributed by atoms with van der Waals surface area (Å²) in [5, 5.41) is 0. The Bertz CT molecular complexity index is 373. The van der Waals surface area contributed by atoms with Crippen LogP contribution in [0.25, 0.3) is 0 Å². The minimum atomic E-state index is -0.291. The van der Waals surface area contributed by atoms with Crippen LogP contribution in [0.3, 0.4) is 0 Å². The smallest absolute Gasteiger partial charge is 0.330 e. The van der Waals surface area contributed by atoms with E-state index in [0.29, 0.717) is 5.92 Å². The fourth-order valence-corrected chi connectivity index (χ4v) is 3.62. The lowest BCUT2D eigenvalue weighted by atomic mass is 9.71. The second-order valence-electron chi connectivity index (χ2n) is 6.84. The van der Waals surface area contributed by atoms with Crippen LogP contribution in [0.15, 0.2) is 12.2 Å². The van der Waals surface area contributed by atoms with Gasteiger partial charge in [0, 0.05) is 38.0 Å². The van der Waals surface area contributed by atoms with Gasteiger partial charge in [0.15, 0.2) is 0 Å². The Labute approximate surface area is 128 Å². The summed E-state index contributed by atoms with van der Waals surface area (Å²) in [6.07, 6.45) is 3.96. The number of methoxy groups -OCH3 is 2. The van der Waals surface area contributed by atoms with Crippen molar-refractivity contribution < 1.29 is 19.0 Å². The van der Waals surface area contributed by atoms with Gasteiger partial charge in [-0.05, 0) is 5.92 Å². The Balaban J connectivity index is 2.95. The van der Waals surface area contributed by atoms with Crippen LogP contribution in [0, 0.1) is 17.3 Å². The first-order chi connectivity index (χ1) is 9.75. The molecule has 21 heavy (non-hydrogen) atoms. The molecule has 0 aromatic heterocycles. The van der Waals surface area contributed by atoms with E-state index in [0.717, 1.165) is 6.42 Å². The topological polar surface area (TPSA) is 44.8 Å². The molecule has 0 amide bonds. The maximum atomic E-state index is 11.5. The predicted octanol–water partition coefficient (Wildman–Crippen LogP) is 3.21. The van der Waals surface area contributed by atoms with Crippen molar-refractivity contribution in [2.75, 3.05) is 14.2 Å². The van der Waals surface area contributed by atoms with Crippen LogP contribution >= 0.6 is 0 Å². The van der Waals surface area contributed by atoms with Gasteiger partial charge in [-0.3, -0.25) is 0 Å². The number of hydrogen-bond acceptors (Lipinski definition) is 4. The molecular weight excluding hydrogens is 268 g/mol. The van der Waals surface area contributed by atoms with Crippen molar-refractivity contribution in [2.45, 2.75) is 59.4 Å². The van der Waals surface area contributed by atoms with Crippen LogP contribution in [0.5, 0.6) is 0 Å². The molecule has 1 heterocycles. The average Bonchev–Trinajstić information content (AvgIpc) is 2.39. The van der Waals surface area contributed by atoms with Crippen LogP contribution in [-0.2, 0) is 19.0 Å². The highest BCUT2D eigenvalue weighted by Gasteiger charge is 2.45. The first kappa shape index (κ1) is 18.2. The van der Waals surface area contributed by atoms with E-state index in [1.165, 1.54) is 6.08 Å². The van der Waals surface area contributed by atoms with Gasteiger partial charge in [0.2, 0.25) is 0 Å². The van der Waals surface area contributed by atoms with Crippen LogP contribution in [0.2, 0.25) is 0 Å². The van der Waals surface area contributed by atoms with Crippen molar-refractivity contribution in [3.05, 3.63) is 12.2 Å². The fourth-order valence-electron chi connectivity index (χ4n) is 3.62. The average molecular weight is 298 g/mol. The lowest BCUT2D eigenvalue weighted by molar-refractivity contribution is -0.166. The highest BCUT2D eigenvalue weighted by molar-refractivity contribution is 5.82. The molecule has 4 heteroatoms. The highest BCUT2D eigenvalue weighted by atomic mass is 16.5. The summed E-state index contributed by atoms with van der Waals surface area (Å²) in [4.78, 5) is 11.5. The van der Waals surface area contributed by atoms with Gasteiger partial charge in [-0.25, -0.2) is 4.79 Å². The molecular formula is C17H30O4. The van der Waals surface area contributed by atoms with Crippen molar-refractivity contribution in [1.29, 1.82) is 0 Å². The molecule has 0 saturated heterocycles. The van der Waals surface area contributed by atoms with Gasteiger partial charge in [0.05, 0.1) is 12.2 Å². The maximum Gasteiger partial charge on any atom is 0.330 e. The summed E-state index contributed by atoms with van der Waals surface area (Å²) in [6.45, 7) is 10.6. The van der Waals surface area contributed by atoms with E-state index >= 15 is 0 Å². The number of esters is 1. The Morgan fingerprint density at radius 1 is 1.24 bits per heavy atom. The number of cyclic esters (lactones) is 1. The number of hydrogen-bond donors (Lipinski definition) is 0. The van der Waals surface area contributed by atoms with E-state index in [-0.39, 0.29) is 35.6 Å². The minimum absolute atomic E-state index is 0.0610. The number of carbonyl (C=O) groups is 1. The molecule has 0 unspecified atom stereocenters. The van der Waals surface area contributed by atoms with E-state index in [4.69, 9.17) is 14.2 Å². The second-order valence-corrected chi connectivity index (χ2v) is 6.84. The normalized spacial score (nSPS) is 23.8. The van der Waals surface area contributed by atoms with Crippen LogP contribution < -0.4 is 0 Å². The van der Waals surface area contributed by atoms with Crippen molar-refractivity contribution in [3.8, 4) is 0 Å². The van der Waals surface area contributed by atoms with Crippen LogP contribution in [0.4, 0.5) is 0 Å². The third-order valence-corrected chi connectivity index (χ3v) is 4.60. The zero-order valence-corrected chi connectivity index (χ0v) is 14.4. The Morgan fingerprint density at radius 2 is 1.86 bits per heavy atom. The molecule has 122 valence electrons. The van der Waals surface area contributed by atoms with Crippen molar-refractivity contribution in [2.24, 2.45) is 17.3 Å². The maximum absolute atomic E-state index is 11.5. The SMILES string of the molecule is CO[C@@H](C(C)C)[C@@H](C)[C@H](OC)C(C)(C)[C@H]1CC=CC(=O)O1. The van der Waals surface area contributed by atoms with Crippen LogP contribution in [0.1, 0.15) is 41.0 Å². The second kappa shape index (κ2) is 7.41. The van der Waals surface area contributed by atoms with Gasteiger partial charge < -0.3 is 14.2 Å². The van der Waals surface area contributed by atoms with E-state index in [1.807, 2.05) is 6.08 Å². The third-order valence-electron chi connectivity index (χ3n) is 4.60. The van der Waals surface area contributed by atoms with Crippen molar-refractivity contribution in [3.63, 3.8) is 0 Å². The largest absolute Gasteiger partial charge is 0.458 e. The monoisotopic (exact) mass is 298 g/mol. The Morgan fingerprint density at radius 3 is 2.29 bits per heavy atom. The lowest BCUT2D eigenvalue weighted by Crippen LogP contribution is -2.50. The zero-order valence-electron chi connectivity index (χ0n) is 14.4.